The van der Waals surface area contributed by atoms with Gasteiger partial charge in [0.1, 0.15) is 10.5 Å². The van der Waals surface area contributed by atoms with Crippen LogP contribution in [0.4, 0.5) is 32.0 Å². The van der Waals surface area contributed by atoms with Gasteiger partial charge in [0.15, 0.2) is 0 Å². The molecule has 0 radical (unpaired) electrons. The lowest BCUT2D eigenvalue weighted by Crippen LogP contribution is -2.38. The molecule has 0 amide bonds. The fraction of sp³-hybridized carbons (Fsp3) is 0.417. The molecule has 1 aromatic rings. The van der Waals surface area contributed by atoms with Gasteiger partial charge in [-0.15, -0.1) is 0 Å². The summed E-state index contributed by atoms with van der Waals surface area (Å²) in [6.07, 6.45) is -9.41. The summed E-state index contributed by atoms with van der Waals surface area (Å²) >= 11 is 4.54. The Labute approximate surface area is 121 Å². The maximum Gasteiger partial charge on any atom is 0.417 e. The number of alkyl halides is 6. The fourth-order valence-electron chi connectivity index (χ4n) is 1.95. The van der Waals surface area contributed by atoms with Gasteiger partial charge in [-0.25, -0.2) is 0 Å². The van der Waals surface area contributed by atoms with Crippen LogP contribution in [-0.4, -0.2) is 16.7 Å². The molecule has 116 valence electrons. The van der Waals surface area contributed by atoms with Gasteiger partial charge in [-0.05, 0) is 31.0 Å². The summed E-state index contributed by atoms with van der Waals surface area (Å²) in [6.45, 7) is 0. The number of nitrogens with one attached hydrogen (secondary N) is 1. The highest BCUT2D eigenvalue weighted by Crippen LogP contribution is 2.51. The van der Waals surface area contributed by atoms with Crippen LogP contribution in [0, 0.1) is 0 Å². The van der Waals surface area contributed by atoms with E-state index in [9.17, 15) is 26.3 Å². The lowest BCUT2D eigenvalue weighted by molar-refractivity contribution is -0.151. The SMILES string of the molecule is NC(=S)c1cc(NC2(C(F)(F)F)CC2)ccc1C(F)(F)F. The van der Waals surface area contributed by atoms with E-state index in [1.807, 2.05) is 0 Å². The van der Waals surface area contributed by atoms with Crippen LogP contribution in [0.15, 0.2) is 18.2 Å². The van der Waals surface area contributed by atoms with Crippen LogP contribution >= 0.6 is 12.2 Å². The summed E-state index contributed by atoms with van der Waals surface area (Å²) < 4.78 is 76.7. The maximum atomic E-state index is 12.8. The number of rotatable bonds is 3. The Hall–Kier alpha value is -1.51. The minimum absolute atomic E-state index is 0.0966. The normalized spacial score (nSPS) is 17.4. The van der Waals surface area contributed by atoms with E-state index in [-0.39, 0.29) is 18.5 Å². The Balaban J connectivity index is 2.36. The number of hydrogen-bond acceptors (Lipinski definition) is 2. The van der Waals surface area contributed by atoms with Crippen molar-refractivity contribution >= 4 is 22.9 Å². The minimum Gasteiger partial charge on any atom is -0.389 e. The first kappa shape index (κ1) is 15.9. The van der Waals surface area contributed by atoms with E-state index in [0.717, 1.165) is 12.1 Å². The van der Waals surface area contributed by atoms with Crippen LogP contribution in [0.3, 0.4) is 0 Å². The van der Waals surface area contributed by atoms with Crippen LogP contribution in [0.25, 0.3) is 0 Å². The summed E-state index contributed by atoms with van der Waals surface area (Å²) in [5.74, 6) is 0. The van der Waals surface area contributed by atoms with Gasteiger partial charge in [-0.1, -0.05) is 12.2 Å². The van der Waals surface area contributed by atoms with Crippen molar-refractivity contribution in [2.24, 2.45) is 5.73 Å². The number of hydrogen-bond donors (Lipinski definition) is 2. The van der Waals surface area contributed by atoms with Crippen molar-refractivity contribution in [1.82, 2.24) is 0 Å². The Morgan fingerprint density at radius 1 is 1.14 bits per heavy atom. The van der Waals surface area contributed by atoms with Crippen molar-refractivity contribution in [3.05, 3.63) is 29.3 Å². The maximum absolute atomic E-state index is 12.8. The molecule has 2 rings (SSSR count). The van der Waals surface area contributed by atoms with Gasteiger partial charge in [0.2, 0.25) is 0 Å². The van der Waals surface area contributed by atoms with E-state index in [0.29, 0.717) is 6.07 Å². The molecular weight excluding hydrogens is 318 g/mol. The molecule has 9 heteroatoms. The van der Waals surface area contributed by atoms with Crippen molar-refractivity contribution in [2.75, 3.05) is 5.32 Å². The minimum atomic E-state index is -4.68. The Bertz CT molecular complexity index is 574. The van der Waals surface area contributed by atoms with E-state index >= 15 is 0 Å². The van der Waals surface area contributed by atoms with Gasteiger partial charge in [-0.2, -0.15) is 26.3 Å². The van der Waals surface area contributed by atoms with Crippen LogP contribution in [0.2, 0.25) is 0 Å². The number of thiocarbonyl (C=S) groups is 1. The molecule has 0 heterocycles. The van der Waals surface area contributed by atoms with E-state index < -0.39 is 34.0 Å². The predicted molar refractivity (Wildman–Crippen MR) is 69.0 cm³/mol. The molecule has 0 aromatic heterocycles. The number of halogens is 6. The molecule has 0 saturated heterocycles. The van der Waals surface area contributed by atoms with Gasteiger partial charge in [0.05, 0.1) is 5.56 Å². The van der Waals surface area contributed by atoms with Crippen LogP contribution in [0.1, 0.15) is 24.0 Å². The molecule has 1 aromatic carbocycles. The molecule has 0 bridgehead atoms. The lowest BCUT2D eigenvalue weighted by atomic mass is 10.1. The zero-order valence-electron chi connectivity index (χ0n) is 10.4. The molecule has 1 aliphatic carbocycles. The number of benzene rings is 1. The smallest absolute Gasteiger partial charge is 0.389 e. The molecule has 3 N–H and O–H groups in total. The quantitative estimate of drug-likeness (QED) is 0.654. The van der Waals surface area contributed by atoms with E-state index in [2.05, 4.69) is 17.5 Å². The highest BCUT2D eigenvalue weighted by molar-refractivity contribution is 7.80. The summed E-state index contributed by atoms with van der Waals surface area (Å²) in [6, 6.07) is 2.51. The first-order chi connectivity index (χ1) is 9.46. The zero-order chi connectivity index (χ0) is 16.1. The summed E-state index contributed by atoms with van der Waals surface area (Å²) in [5.41, 5.74) is 1.49. The van der Waals surface area contributed by atoms with Crippen molar-refractivity contribution < 1.29 is 26.3 Å². The highest BCUT2D eigenvalue weighted by Gasteiger charge is 2.63. The second-order valence-corrected chi connectivity index (χ2v) is 5.27. The van der Waals surface area contributed by atoms with Crippen LogP contribution in [0.5, 0.6) is 0 Å². The van der Waals surface area contributed by atoms with Crippen molar-refractivity contribution in [3.8, 4) is 0 Å². The van der Waals surface area contributed by atoms with Crippen molar-refractivity contribution in [3.63, 3.8) is 0 Å². The molecular formula is C12H10F6N2S. The standard InChI is InChI=1S/C12H10F6N2S/c13-11(14,15)8-2-1-6(5-7(8)9(19)21)20-10(3-4-10)12(16,17)18/h1-2,5,20H,3-4H2,(H2,19,21). The van der Waals surface area contributed by atoms with Gasteiger partial charge in [0, 0.05) is 11.3 Å². The Kier molecular flexibility index (Phi) is 3.59. The molecule has 0 spiro atoms. The van der Waals surface area contributed by atoms with Gasteiger partial charge in [0.25, 0.3) is 0 Å². The molecule has 21 heavy (non-hydrogen) atoms. The molecule has 2 nitrogen and oxygen atoms in total. The highest BCUT2D eigenvalue weighted by atomic mass is 32.1. The summed E-state index contributed by atoms with van der Waals surface area (Å²) in [5, 5.41) is 2.24. The number of anilines is 1. The van der Waals surface area contributed by atoms with Crippen LogP contribution in [-0.2, 0) is 6.18 Å². The first-order valence-corrected chi connectivity index (χ1v) is 6.23. The van der Waals surface area contributed by atoms with E-state index in [4.69, 9.17) is 5.73 Å². The molecule has 0 aliphatic heterocycles. The fourth-order valence-corrected chi connectivity index (χ4v) is 2.12. The average Bonchev–Trinajstić information content (AvgIpc) is 3.07. The van der Waals surface area contributed by atoms with Crippen molar-refractivity contribution in [1.29, 1.82) is 0 Å². The van der Waals surface area contributed by atoms with Gasteiger partial charge < -0.3 is 11.1 Å². The monoisotopic (exact) mass is 328 g/mol. The summed E-state index contributed by atoms with van der Waals surface area (Å²) in [7, 11) is 0. The van der Waals surface area contributed by atoms with Crippen LogP contribution < -0.4 is 11.1 Å². The van der Waals surface area contributed by atoms with Gasteiger partial charge in [-0.3, -0.25) is 0 Å². The molecule has 1 saturated carbocycles. The Morgan fingerprint density at radius 2 is 1.71 bits per heavy atom. The summed E-state index contributed by atoms with van der Waals surface area (Å²) in [4.78, 5) is -0.525. The molecule has 1 aliphatic rings. The average molecular weight is 328 g/mol. The third-order valence-corrected chi connectivity index (χ3v) is 3.49. The zero-order valence-corrected chi connectivity index (χ0v) is 11.2. The third-order valence-electron chi connectivity index (χ3n) is 3.27. The molecule has 0 unspecified atom stereocenters. The molecule has 0 atom stereocenters. The third kappa shape index (κ3) is 3.07. The topological polar surface area (TPSA) is 38.0 Å². The first-order valence-electron chi connectivity index (χ1n) is 5.82. The molecule has 1 fully saturated rings. The second-order valence-electron chi connectivity index (χ2n) is 4.83. The Morgan fingerprint density at radius 3 is 2.10 bits per heavy atom. The van der Waals surface area contributed by atoms with E-state index in [1.54, 1.807) is 0 Å². The second kappa shape index (κ2) is 4.75. The lowest BCUT2D eigenvalue weighted by Gasteiger charge is -2.23. The van der Waals surface area contributed by atoms with E-state index in [1.165, 1.54) is 0 Å². The van der Waals surface area contributed by atoms with Gasteiger partial charge >= 0.3 is 12.4 Å². The predicted octanol–water partition coefficient (Wildman–Crippen LogP) is 3.85. The number of nitrogens with two attached hydrogens (primary N) is 1. The van der Waals surface area contributed by atoms with Crippen molar-refractivity contribution in [2.45, 2.75) is 30.7 Å². The largest absolute Gasteiger partial charge is 0.417 e.